The molecule has 86 valence electrons. The fourth-order valence-corrected chi connectivity index (χ4v) is 1.54. The molecule has 2 nitrogen and oxygen atoms in total. The van der Waals surface area contributed by atoms with E-state index < -0.39 is 0 Å². The summed E-state index contributed by atoms with van der Waals surface area (Å²) in [4.78, 5) is 11.3. The third-order valence-corrected chi connectivity index (χ3v) is 2.33. The first-order chi connectivity index (χ1) is 6.26. The lowest BCUT2D eigenvalue weighted by atomic mass is 9.97. The Balaban J connectivity index is 0. The molecule has 0 spiro atoms. The predicted octanol–water partition coefficient (Wildman–Crippen LogP) is 3.58. The van der Waals surface area contributed by atoms with Crippen molar-refractivity contribution in [3.05, 3.63) is 0 Å². The van der Waals surface area contributed by atoms with Gasteiger partial charge in [0.2, 0.25) is 0 Å². The fourth-order valence-electron chi connectivity index (χ4n) is 1.54. The average Bonchev–Trinajstić information content (AvgIpc) is 2.16. The van der Waals surface area contributed by atoms with Crippen molar-refractivity contribution in [1.82, 2.24) is 0 Å². The lowest BCUT2D eigenvalue weighted by molar-refractivity contribution is -0.146. The van der Waals surface area contributed by atoms with Gasteiger partial charge in [0.1, 0.15) is 0 Å². The van der Waals surface area contributed by atoms with E-state index in [1.807, 2.05) is 0 Å². The number of hydrogen-bond donors (Lipinski definition) is 0. The van der Waals surface area contributed by atoms with Gasteiger partial charge in [-0.15, -0.1) is 12.4 Å². The maximum Gasteiger partial charge on any atom is 0.308 e. The fraction of sp³-hybridized carbons (Fsp3) is 0.909. The van der Waals surface area contributed by atoms with Crippen molar-refractivity contribution in [3.63, 3.8) is 0 Å². The maximum atomic E-state index is 11.3. The first kappa shape index (κ1) is 16.2. The van der Waals surface area contributed by atoms with Gasteiger partial charge in [0.15, 0.2) is 0 Å². The second-order valence-corrected chi connectivity index (χ2v) is 3.50. The van der Waals surface area contributed by atoms with Crippen LogP contribution in [0.4, 0.5) is 0 Å². The number of halogens is 1. The van der Waals surface area contributed by atoms with Crippen molar-refractivity contribution < 1.29 is 9.53 Å². The third kappa shape index (κ3) is 7.19. The normalized spacial score (nSPS) is 11.6. The number of rotatable bonds is 7. The van der Waals surface area contributed by atoms with E-state index in [2.05, 4.69) is 13.8 Å². The molecule has 0 saturated heterocycles. The molecule has 0 rings (SSSR count). The van der Waals surface area contributed by atoms with Crippen LogP contribution in [-0.4, -0.2) is 13.1 Å². The molecule has 1 unspecified atom stereocenters. The van der Waals surface area contributed by atoms with Gasteiger partial charge in [-0.05, 0) is 12.8 Å². The summed E-state index contributed by atoms with van der Waals surface area (Å²) in [5, 5.41) is 0. The van der Waals surface area contributed by atoms with Crippen LogP contribution in [0.2, 0.25) is 0 Å². The molecule has 0 heterocycles. The summed E-state index contributed by atoms with van der Waals surface area (Å²) in [6.07, 6.45) is 6.60. The zero-order valence-corrected chi connectivity index (χ0v) is 10.4. The molecule has 14 heavy (non-hydrogen) atoms. The quantitative estimate of drug-likeness (QED) is 0.486. The predicted molar refractivity (Wildman–Crippen MR) is 61.8 cm³/mol. The highest BCUT2D eigenvalue weighted by Gasteiger charge is 2.16. The van der Waals surface area contributed by atoms with E-state index in [0.717, 1.165) is 25.7 Å². The number of esters is 1. The van der Waals surface area contributed by atoms with Gasteiger partial charge in [0.25, 0.3) is 0 Å². The maximum absolute atomic E-state index is 11.3. The van der Waals surface area contributed by atoms with Crippen molar-refractivity contribution >= 4 is 18.4 Å². The van der Waals surface area contributed by atoms with E-state index in [-0.39, 0.29) is 24.3 Å². The molecule has 0 aliphatic rings. The van der Waals surface area contributed by atoms with Gasteiger partial charge in [-0.2, -0.15) is 0 Å². The van der Waals surface area contributed by atoms with Crippen LogP contribution < -0.4 is 0 Å². The van der Waals surface area contributed by atoms with Gasteiger partial charge in [-0.3, -0.25) is 4.79 Å². The van der Waals surface area contributed by atoms with Crippen LogP contribution >= 0.6 is 12.4 Å². The first-order valence-electron chi connectivity index (χ1n) is 5.34. The van der Waals surface area contributed by atoms with E-state index in [1.54, 1.807) is 0 Å². The minimum atomic E-state index is -0.0297. The minimum absolute atomic E-state index is 0. The molecule has 1 atom stereocenters. The van der Waals surface area contributed by atoms with Crippen molar-refractivity contribution in [1.29, 1.82) is 0 Å². The monoisotopic (exact) mass is 222 g/mol. The molecule has 0 aromatic rings. The molecular weight excluding hydrogens is 200 g/mol. The summed E-state index contributed by atoms with van der Waals surface area (Å²) in [7, 11) is 1.48. The Morgan fingerprint density at radius 3 is 2.21 bits per heavy atom. The second-order valence-electron chi connectivity index (χ2n) is 3.50. The molecule has 3 heteroatoms. The Kier molecular flexibility index (Phi) is 12.5. The number of carbonyl (C=O) groups is 1. The van der Waals surface area contributed by atoms with Crippen LogP contribution in [0.1, 0.15) is 52.4 Å². The van der Waals surface area contributed by atoms with E-state index in [0.29, 0.717) is 0 Å². The summed E-state index contributed by atoms with van der Waals surface area (Å²) in [6, 6.07) is 0. The molecule has 0 bridgehead atoms. The molecule has 0 saturated carbocycles. The first-order valence-corrected chi connectivity index (χ1v) is 5.34. The zero-order chi connectivity index (χ0) is 10.1. The van der Waals surface area contributed by atoms with E-state index in [9.17, 15) is 4.79 Å². The standard InChI is InChI=1S/C11H22O2.ClH/c1-4-6-7-9-10(8-5-2)11(12)13-3;/h10H,4-9H2,1-3H3;1H. The molecule has 0 aromatic heterocycles. The third-order valence-electron chi connectivity index (χ3n) is 2.33. The minimum Gasteiger partial charge on any atom is -0.469 e. The Labute approximate surface area is 93.8 Å². The highest BCUT2D eigenvalue weighted by molar-refractivity contribution is 5.85. The molecule has 0 aliphatic heterocycles. The second kappa shape index (κ2) is 10.8. The lowest BCUT2D eigenvalue weighted by Crippen LogP contribution is -2.15. The van der Waals surface area contributed by atoms with E-state index >= 15 is 0 Å². The Morgan fingerprint density at radius 2 is 1.79 bits per heavy atom. The van der Waals surface area contributed by atoms with Crippen LogP contribution in [0, 0.1) is 5.92 Å². The Hall–Kier alpha value is -0.240. The van der Waals surface area contributed by atoms with Crippen LogP contribution in [0.3, 0.4) is 0 Å². The smallest absolute Gasteiger partial charge is 0.308 e. The topological polar surface area (TPSA) is 26.3 Å². The SMILES string of the molecule is CCCCCC(CCC)C(=O)OC.Cl. The van der Waals surface area contributed by atoms with Crippen molar-refractivity contribution in [2.75, 3.05) is 7.11 Å². The number of hydrogen-bond acceptors (Lipinski definition) is 2. The number of carbonyl (C=O) groups excluding carboxylic acids is 1. The number of unbranched alkanes of at least 4 members (excludes halogenated alkanes) is 2. The molecule has 0 N–H and O–H groups in total. The van der Waals surface area contributed by atoms with E-state index in [4.69, 9.17) is 4.74 Å². The van der Waals surface area contributed by atoms with Gasteiger partial charge < -0.3 is 4.74 Å². The molecule has 0 amide bonds. The Bertz CT molecular complexity index is 137. The molecule has 0 radical (unpaired) electrons. The van der Waals surface area contributed by atoms with Crippen LogP contribution in [0.5, 0.6) is 0 Å². The van der Waals surface area contributed by atoms with Crippen molar-refractivity contribution in [3.8, 4) is 0 Å². The van der Waals surface area contributed by atoms with Gasteiger partial charge in [-0.25, -0.2) is 0 Å². The van der Waals surface area contributed by atoms with Crippen LogP contribution in [0.15, 0.2) is 0 Å². The van der Waals surface area contributed by atoms with Crippen molar-refractivity contribution in [2.24, 2.45) is 5.92 Å². The zero-order valence-electron chi connectivity index (χ0n) is 9.54. The van der Waals surface area contributed by atoms with Crippen LogP contribution in [0.25, 0.3) is 0 Å². The summed E-state index contributed by atoms with van der Waals surface area (Å²) >= 11 is 0. The van der Waals surface area contributed by atoms with Gasteiger partial charge in [0.05, 0.1) is 13.0 Å². The number of methoxy groups -OCH3 is 1. The van der Waals surface area contributed by atoms with Gasteiger partial charge in [0, 0.05) is 0 Å². The summed E-state index contributed by atoms with van der Waals surface area (Å²) < 4.78 is 4.76. The molecular formula is C11H23ClO2. The highest BCUT2D eigenvalue weighted by atomic mass is 35.5. The largest absolute Gasteiger partial charge is 0.469 e. The Morgan fingerprint density at radius 1 is 1.14 bits per heavy atom. The van der Waals surface area contributed by atoms with Crippen molar-refractivity contribution in [2.45, 2.75) is 52.4 Å². The highest BCUT2D eigenvalue weighted by Crippen LogP contribution is 2.16. The van der Waals surface area contributed by atoms with E-state index in [1.165, 1.54) is 20.0 Å². The van der Waals surface area contributed by atoms with Gasteiger partial charge >= 0.3 is 5.97 Å². The molecule has 0 aromatic carbocycles. The summed E-state index contributed by atoms with van der Waals surface area (Å²) in [5.74, 6) is 0.111. The average molecular weight is 223 g/mol. The molecule has 0 aliphatic carbocycles. The summed E-state index contributed by atoms with van der Waals surface area (Å²) in [6.45, 7) is 4.28. The molecule has 0 fully saturated rings. The van der Waals surface area contributed by atoms with Gasteiger partial charge in [-0.1, -0.05) is 39.5 Å². The summed E-state index contributed by atoms with van der Waals surface area (Å²) in [5.41, 5.74) is 0. The lowest BCUT2D eigenvalue weighted by Gasteiger charge is -2.12. The number of ether oxygens (including phenoxy) is 1. The van der Waals surface area contributed by atoms with Crippen LogP contribution in [-0.2, 0) is 9.53 Å².